The molecule has 34 heavy (non-hydrogen) atoms. The van der Waals surface area contributed by atoms with E-state index in [1.807, 2.05) is 71.6 Å². The Labute approximate surface area is 199 Å². The summed E-state index contributed by atoms with van der Waals surface area (Å²) in [5.74, 6) is 1.65. The summed E-state index contributed by atoms with van der Waals surface area (Å²) in [4.78, 5) is 24.5. The number of benzene rings is 3. The van der Waals surface area contributed by atoms with Gasteiger partial charge in [0, 0.05) is 41.9 Å². The zero-order valence-corrected chi connectivity index (χ0v) is 19.8. The summed E-state index contributed by atoms with van der Waals surface area (Å²) in [6.07, 6.45) is 0.833. The molecule has 4 aromatic rings. The highest BCUT2D eigenvalue weighted by atomic mass is 16.5. The third-order valence-electron chi connectivity index (χ3n) is 5.57. The molecule has 0 aliphatic carbocycles. The second kappa shape index (κ2) is 10.2. The third kappa shape index (κ3) is 4.50. The van der Waals surface area contributed by atoms with Crippen LogP contribution in [0.25, 0.3) is 22.2 Å². The number of hydrogen-bond acceptors (Lipinski definition) is 6. The van der Waals surface area contributed by atoms with E-state index in [0.29, 0.717) is 29.6 Å². The number of rotatable bonds is 8. The van der Waals surface area contributed by atoms with Crippen LogP contribution in [-0.2, 0) is 0 Å². The summed E-state index contributed by atoms with van der Waals surface area (Å²) in [6, 6.07) is 20.9. The first kappa shape index (κ1) is 23.0. The van der Waals surface area contributed by atoms with E-state index in [2.05, 4.69) is 17.2 Å². The van der Waals surface area contributed by atoms with E-state index in [9.17, 15) is 4.79 Å². The number of methoxy groups -OCH3 is 2. The average molecular weight is 457 g/mol. The Kier molecular flexibility index (Phi) is 6.92. The molecular weight excluding hydrogens is 428 g/mol. The SMILES string of the molecule is CCCN(C(=O)c1ccccc1)c1cccc(-c2nc(NC)nc3cc(OC)c(OC)cc23)c1. The Morgan fingerprint density at radius 2 is 1.68 bits per heavy atom. The van der Waals surface area contributed by atoms with Crippen LogP contribution in [0.5, 0.6) is 11.5 Å². The molecule has 4 rings (SSSR count). The monoisotopic (exact) mass is 456 g/mol. The lowest BCUT2D eigenvalue weighted by atomic mass is 10.0. The van der Waals surface area contributed by atoms with Crippen LogP contribution in [0, 0.1) is 0 Å². The zero-order chi connectivity index (χ0) is 24.1. The fourth-order valence-corrected chi connectivity index (χ4v) is 3.92. The molecule has 0 saturated heterocycles. The summed E-state index contributed by atoms with van der Waals surface area (Å²) >= 11 is 0. The highest BCUT2D eigenvalue weighted by Gasteiger charge is 2.19. The van der Waals surface area contributed by atoms with Gasteiger partial charge in [0.25, 0.3) is 5.91 Å². The van der Waals surface area contributed by atoms with Gasteiger partial charge in [-0.3, -0.25) is 4.79 Å². The van der Waals surface area contributed by atoms with E-state index in [4.69, 9.17) is 14.5 Å². The number of hydrogen-bond donors (Lipinski definition) is 1. The highest BCUT2D eigenvalue weighted by Crippen LogP contribution is 2.37. The lowest BCUT2D eigenvalue weighted by molar-refractivity contribution is 0.0987. The molecule has 0 unspecified atom stereocenters. The number of anilines is 2. The van der Waals surface area contributed by atoms with Crippen LogP contribution >= 0.6 is 0 Å². The van der Waals surface area contributed by atoms with Gasteiger partial charge in [-0.05, 0) is 36.8 Å². The highest BCUT2D eigenvalue weighted by molar-refractivity contribution is 6.06. The maximum atomic E-state index is 13.3. The van der Waals surface area contributed by atoms with Crippen molar-refractivity contribution in [3.8, 4) is 22.8 Å². The van der Waals surface area contributed by atoms with E-state index in [1.54, 1.807) is 21.3 Å². The molecule has 0 spiro atoms. The van der Waals surface area contributed by atoms with Gasteiger partial charge >= 0.3 is 0 Å². The number of amides is 1. The maximum Gasteiger partial charge on any atom is 0.258 e. The van der Waals surface area contributed by atoms with Crippen LogP contribution in [0.2, 0.25) is 0 Å². The minimum Gasteiger partial charge on any atom is -0.493 e. The van der Waals surface area contributed by atoms with Crippen molar-refractivity contribution in [3.63, 3.8) is 0 Å². The fraction of sp³-hybridized carbons (Fsp3) is 0.222. The fourth-order valence-electron chi connectivity index (χ4n) is 3.92. The first-order valence-corrected chi connectivity index (χ1v) is 11.2. The lowest BCUT2D eigenvalue weighted by Crippen LogP contribution is -2.31. The van der Waals surface area contributed by atoms with Crippen molar-refractivity contribution >= 4 is 28.4 Å². The maximum absolute atomic E-state index is 13.3. The number of carbonyl (C=O) groups excluding carboxylic acids is 1. The van der Waals surface area contributed by atoms with Crippen molar-refractivity contribution < 1.29 is 14.3 Å². The first-order chi connectivity index (χ1) is 16.6. The molecule has 1 heterocycles. The minimum absolute atomic E-state index is 0.0329. The van der Waals surface area contributed by atoms with Crippen molar-refractivity contribution in [2.75, 3.05) is 38.0 Å². The van der Waals surface area contributed by atoms with Crippen molar-refractivity contribution in [2.24, 2.45) is 0 Å². The van der Waals surface area contributed by atoms with Gasteiger partial charge in [-0.25, -0.2) is 9.97 Å². The van der Waals surface area contributed by atoms with Crippen molar-refractivity contribution in [3.05, 3.63) is 72.3 Å². The minimum atomic E-state index is -0.0329. The molecule has 7 heteroatoms. The predicted molar refractivity (Wildman–Crippen MR) is 136 cm³/mol. The number of nitrogens with one attached hydrogen (secondary N) is 1. The Morgan fingerprint density at radius 3 is 2.35 bits per heavy atom. The van der Waals surface area contributed by atoms with Crippen molar-refractivity contribution in [2.45, 2.75) is 13.3 Å². The van der Waals surface area contributed by atoms with Gasteiger partial charge in [0.1, 0.15) is 0 Å². The molecule has 0 aliphatic heterocycles. The summed E-state index contributed by atoms with van der Waals surface area (Å²) in [5.41, 5.74) is 3.80. The average Bonchev–Trinajstić information content (AvgIpc) is 2.90. The largest absolute Gasteiger partial charge is 0.493 e. The zero-order valence-electron chi connectivity index (χ0n) is 19.8. The number of ether oxygens (including phenoxy) is 2. The Hall–Kier alpha value is -4.13. The summed E-state index contributed by atoms with van der Waals surface area (Å²) in [5, 5.41) is 3.86. The van der Waals surface area contributed by atoms with Crippen LogP contribution in [-0.4, -0.2) is 43.7 Å². The Balaban J connectivity index is 1.85. The first-order valence-electron chi connectivity index (χ1n) is 11.2. The summed E-state index contributed by atoms with van der Waals surface area (Å²) in [7, 11) is 4.98. The van der Waals surface area contributed by atoms with E-state index >= 15 is 0 Å². The van der Waals surface area contributed by atoms with Gasteiger partial charge in [-0.2, -0.15) is 0 Å². The summed E-state index contributed by atoms with van der Waals surface area (Å²) in [6.45, 7) is 2.67. The number of nitrogens with zero attached hydrogens (tertiary/aromatic N) is 3. The van der Waals surface area contributed by atoms with Crippen molar-refractivity contribution in [1.82, 2.24) is 9.97 Å². The summed E-state index contributed by atoms with van der Waals surface area (Å²) < 4.78 is 11.0. The standard InChI is InChI=1S/C27H28N4O3/c1-5-14-31(26(32)18-10-7-6-8-11-18)20-13-9-12-19(15-20)25-21-16-23(33-3)24(34-4)17-22(21)29-27(28-2)30-25/h6-13,15-17H,5,14H2,1-4H3,(H,28,29,30). The quantitative estimate of drug-likeness (QED) is 0.382. The molecular formula is C27H28N4O3. The van der Waals surface area contributed by atoms with Crippen LogP contribution < -0.4 is 19.7 Å². The van der Waals surface area contributed by atoms with Gasteiger partial charge in [0.2, 0.25) is 5.95 Å². The molecule has 1 amide bonds. The van der Waals surface area contributed by atoms with E-state index < -0.39 is 0 Å². The topological polar surface area (TPSA) is 76.6 Å². The van der Waals surface area contributed by atoms with Crippen LogP contribution in [0.1, 0.15) is 23.7 Å². The second-order valence-electron chi connectivity index (χ2n) is 7.74. The van der Waals surface area contributed by atoms with Crippen molar-refractivity contribution in [1.29, 1.82) is 0 Å². The van der Waals surface area contributed by atoms with Gasteiger partial charge in [-0.15, -0.1) is 0 Å². The molecule has 0 fully saturated rings. The molecule has 0 bridgehead atoms. The number of aromatic nitrogens is 2. The van der Waals surface area contributed by atoms with Crippen LogP contribution in [0.4, 0.5) is 11.6 Å². The van der Waals surface area contributed by atoms with Gasteiger partial charge in [0.15, 0.2) is 11.5 Å². The molecule has 174 valence electrons. The second-order valence-corrected chi connectivity index (χ2v) is 7.74. The van der Waals surface area contributed by atoms with E-state index in [0.717, 1.165) is 34.3 Å². The van der Waals surface area contributed by atoms with Gasteiger partial charge in [0.05, 0.1) is 25.4 Å². The lowest BCUT2D eigenvalue weighted by Gasteiger charge is -2.23. The van der Waals surface area contributed by atoms with Crippen LogP contribution in [0.15, 0.2) is 66.7 Å². The molecule has 0 radical (unpaired) electrons. The molecule has 0 atom stereocenters. The smallest absolute Gasteiger partial charge is 0.258 e. The predicted octanol–water partition coefficient (Wildman–Crippen LogP) is 5.41. The molecule has 1 N–H and O–H groups in total. The normalized spacial score (nSPS) is 10.7. The Morgan fingerprint density at radius 1 is 0.941 bits per heavy atom. The molecule has 0 aliphatic rings. The Bertz CT molecular complexity index is 1310. The third-order valence-corrected chi connectivity index (χ3v) is 5.57. The number of fused-ring (bicyclic) bond motifs is 1. The molecule has 1 aromatic heterocycles. The molecule has 0 saturated carbocycles. The molecule has 3 aromatic carbocycles. The number of carbonyl (C=O) groups is 1. The van der Waals surface area contributed by atoms with E-state index in [1.165, 1.54) is 0 Å². The van der Waals surface area contributed by atoms with Crippen LogP contribution in [0.3, 0.4) is 0 Å². The van der Waals surface area contributed by atoms with Gasteiger partial charge < -0.3 is 19.7 Å². The molecule has 7 nitrogen and oxygen atoms in total. The van der Waals surface area contributed by atoms with Gasteiger partial charge in [-0.1, -0.05) is 37.3 Å². The van der Waals surface area contributed by atoms with E-state index in [-0.39, 0.29) is 5.91 Å².